The van der Waals surface area contributed by atoms with Gasteiger partial charge in [-0.15, -0.1) is 0 Å². The van der Waals surface area contributed by atoms with Gasteiger partial charge in [0, 0.05) is 49.5 Å². The van der Waals surface area contributed by atoms with Gasteiger partial charge in [0.15, 0.2) is 0 Å². The number of nitrogens with zero attached hydrogens (tertiary/aromatic N) is 8. The SMILES string of the molecule is CN1CCC[C@H]1COc1nc2c(c(N3CCN(C(=O)OCc4ccccc4)[C@@H](CC#N)C3)n1)CCN(c1cccc3cccn13)C2. The Morgan fingerprint density at radius 2 is 1.85 bits per heavy atom. The fourth-order valence-electron chi connectivity index (χ4n) is 6.95. The minimum absolute atomic E-state index is 0.197. The van der Waals surface area contributed by atoms with Crippen LogP contribution in [-0.2, 0) is 24.3 Å². The van der Waals surface area contributed by atoms with Gasteiger partial charge in [-0.3, -0.25) is 0 Å². The lowest BCUT2D eigenvalue weighted by molar-refractivity contribution is 0.0767. The van der Waals surface area contributed by atoms with Crippen molar-refractivity contribution in [2.75, 3.05) is 56.2 Å². The zero-order valence-corrected chi connectivity index (χ0v) is 26.3. The number of fused-ring (bicyclic) bond motifs is 2. The van der Waals surface area contributed by atoms with Crippen molar-refractivity contribution in [1.82, 2.24) is 24.2 Å². The average Bonchev–Trinajstić information content (AvgIpc) is 3.75. The van der Waals surface area contributed by atoms with Crippen LogP contribution in [0.5, 0.6) is 6.01 Å². The summed E-state index contributed by atoms with van der Waals surface area (Å²) in [6.07, 6.45) is 4.94. The Hall–Kier alpha value is -4.82. The summed E-state index contributed by atoms with van der Waals surface area (Å²) in [6.45, 7) is 4.75. The zero-order chi connectivity index (χ0) is 31.5. The molecule has 0 aliphatic carbocycles. The molecular formula is C35H40N8O3. The van der Waals surface area contributed by atoms with Crippen LogP contribution >= 0.6 is 0 Å². The monoisotopic (exact) mass is 620 g/mol. The Morgan fingerprint density at radius 1 is 0.978 bits per heavy atom. The Bertz CT molecular complexity index is 1720. The summed E-state index contributed by atoms with van der Waals surface area (Å²) in [7, 11) is 2.14. The summed E-state index contributed by atoms with van der Waals surface area (Å²) in [4.78, 5) is 31.8. The highest BCUT2D eigenvalue weighted by atomic mass is 16.6. The average molecular weight is 621 g/mol. The highest BCUT2D eigenvalue weighted by molar-refractivity contribution is 5.69. The second-order valence-electron chi connectivity index (χ2n) is 12.4. The molecule has 0 spiro atoms. The van der Waals surface area contributed by atoms with Crippen molar-refractivity contribution in [2.45, 2.75) is 50.9 Å². The van der Waals surface area contributed by atoms with E-state index in [2.05, 4.69) is 68.7 Å². The number of pyridine rings is 1. The van der Waals surface area contributed by atoms with E-state index >= 15 is 0 Å². The molecule has 0 unspecified atom stereocenters. The molecule has 238 valence electrons. The highest BCUT2D eigenvalue weighted by Crippen LogP contribution is 2.33. The Labute approximate surface area is 269 Å². The van der Waals surface area contributed by atoms with Crippen LogP contribution in [0.1, 0.15) is 36.1 Å². The lowest BCUT2D eigenvalue weighted by atomic mass is 10.0. The van der Waals surface area contributed by atoms with Gasteiger partial charge in [-0.1, -0.05) is 36.4 Å². The van der Waals surface area contributed by atoms with Crippen LogP contribution in [0.25, 0.3) is 5.52 Å². The number of nitriles is 1. The number of carbonyl (C=O) groups excluding carboxylic acids is 1. The molecule has 1 amide bonds. The van der Waals surface area contributed by atoms with Crippen LogP contribution in [0.2, 0.25) is 0 Å². The molecule has 2 saturated heterocycles. The van der Waals surface area contributed by atoms with Gasteiger partial charge in [0.05, 0.1) is 30.8 Å². The zero-order valence-electron chi connectivity index (χ0n) is 26.3. The fourth-order valence-corrected chi connectivity index (χ4v) is 6.95. The van der Waals surface area contributed by atoms with Crippen LogP contribution in [0, 0.1) is 11.3 Å². The van der Waals surface area contributed by atoms with Gasteiger partial charge >= 0.3 is 12.1 Å². The molecule has 46 heavy (non-hydrogen) atoms. The molecule has 3 aliphatic rings. The predicted molar refractivity (Wildman–Crippen MR) is 175 cm³/mol. The first-order valence-corrected chi connectivity index (χ1v) is 16.2. The number of benzene rings is 1. The number of anilines is 2. The van der Waals surface area contributed by atoms with Crippen LogP contribution in [0.15, 0.2) is 66.9 Å². The van der Waals surface area contributed by atoms with Crippen molar-refractivity contribution in [1.29, 1.82) is 5.26 Å². The minimum atomic E-state index is -0.395. The van der Waals surface area contributed by atoms with E-state index in [1.54, 1.807) is 4.90 Å². The predicted octanol–water partition coefficient (Wildman–Crippen LogP) is 4.51. The number of ether oxygens (including phenoxy) is 2. The number of piperazine rings is 1. The molecule has 0 radical (unpaired) electrons. The first-order valence-electron chi connectivity index (χ1n) is 16.2. The van der Waals surface area contributed by atoms with Crippen molar-refractivity contribution in [3.8, 4) is 12.1 Å². The molecule has 0 N–H and O–H groups in total. The molecule has 3 aromatic heterocycles. The summed E-state index contributed by atoms with van der Waals surface area (Å²) >= 11 is 0. The molecule has 4 aromatic rings. The van der Waals surface area contributed by atoms with E-state index in [9.17, 15) is 10.1 Å². The van der Waals surface area contributed by atoms with Gasteiger partial charge in [0.25, 0.3) is 0 Å². The fraction of sp³-hybridized carbons (Fsp3) is 0.429. The van der Waals surface area contributed by atoms with Crippen LogP contribution in [-0.4, -0.2) is 88.7 Å². The highest BCUT2D eigenvalue weighted by Gasteiger charge is 2.35. The third-order valence-electron chi connectivity index (χ3n) is 9.51. The summed E-state index contributed by atoms with van der Waals surface area (Å²) in [6, 6.07) is 22.9. The second kappa shape index (κ2) is 13.3. The number of carbonyl (C=O) groups is 1. The quantitative estimate of drug-likeness (QED) is 0.282. The molecule has 3 aliphatic heterocycles. The smallest absolute Gasteiger partial charge is 0.410 e. The number of likely N-dealkylation sites (tertiary alicyclic amines) is 1. The molecular weight excluding hydrogens is 580 g/mol. The molecule has 1 aromatic carbocycles. The maximum Gasteiger partial charge on any atom is 0.410 e. The van der Waals surface area contributed by atoms with Crippen molar-refractivity contribution >= 4 is 23.2 Å². The molecule has 2 fully saturated rings. The van der Waals surface area contributed by atoms with Gasteiger partial charge < -0.3 is 33.5 Å². The number of amides is 1. The number of hydrogen-bond donors (Lipinski definition) is 0. The van der Waals surface area contributed by atoms with E-state index in [1.807, 2.05) is 30.3 Å². The third kappa shape index (κ3) is 6.17. The lowest BCUT2D eigenvalue weighted by Crippen LogP contribution is -2.55. The van der Waals surface area contributed by atoms with Crippen LogP contribution < -0.4 is 14.5 Å². The summed E-state index contributed by atoms with van der Waals surface area (Å²) < 4.78 is 14.2. The Morgan fingerprint density at radius 3 is 2.67 bits per heavy atom. The largest absolute Gasteiger partial charge is 0.462 e. The summed E-state index contributed by atoms with van der Waals surface area (Å²) in [5.41, 5.74) is 4.14. The Kier molecular flexibility index (Phi) is 8.62. The maximum absolute atomic E-state index is 13.2. The van der Waals surface area contributed by atoms with E-state index in [0.717, 1.165) is 59.9 Å². The molecule has 0 saturated carbocycles. The van der Waals surface area contributed by atoms with Crippen molar-refractivity contribution in [2.24, 2.45) is 0 Å². The first kappa shape index (κ1) is 29.9. The molecule has 11 heteroatoms. The lowest BCUT2D eigenvalue weighted by Gasteiger charge is -2.41. The second-order valence-corrected chi connectivity index (χ2v) is 12.4. The molecule has 7 rings (SSSR count). The third-order valence-corrected chi connectivity index (χ3v) is 9.51. The Balaban J connectivity index is 1.14. The number of aromatic nitrogens is 3. The standard InChI is InChI=1S/C35H40N8O3/c1-39-17-6-12-29(39)25-45-34-37-31-23-40(32-13-5-10-27-11-7-18-42(27)32)19-15-30(31)33(38-34)41-20-21-43(28(22-41)14-16-36)35(44)46-24-26-8-3-2-4-9-26/h2-5,7-11,13,18,28-29H,6,12,14-15,17,19-25H2,1H3/t28-,29-/m0/s1. The van der Waals surface area contributed by atoms with Crippen molar-refractivity contribution in [3.05, 3.63) is 83.7 Å². The molecule has 0 bridgehead atoms. The number of likely N-dealkylation sites (N-methyl/N-ethyl adjacent to an activating group) is 1. The summed E-state index contributed by atoms with van der Waals surface area (Å²) in [5, 5.41) is 9.71. The number of rotatable bonds is 8. The van der Waals surface area contributed by atoms with E-state index in [4.69, 9.17) is 19.4 Å². The van der Waals surface area contributed by atoms with Gasteiger partial charge in [0.1, 0.15) is 24.8 Å². The topological polar surface area (TPSA) is 102 Å². The molecule has 2 atom stereocenters. The van der Waals surface area contributed by atoms with Crippen molar-refractivity contribution < 1.29 is 14.3 Å². The molecule has 11 nitrogen and oxygen atoms in total. The van der Waals surface area contributed by atoms with E-state index in [1.165, 1.54) is 6.42 Å². The maximum atomic E-state index is 13.2. The van der Waals surface area contributed by atoms with Gasteiger partial charge in [-0.05, 0) is 62.7 Å². The summed E-state index contributed by atoms with van der Waals surface area (Å²) in [5.74, 6) is 1.97. The van der Waals surface area contributed by atoms with E-state index in [-0.39, 0.29) is 19.1 Å². The van der Waals surface area contributed by atoms with Gasteiger partial charge in [0.2, 0.25) is 0 Å². The van der Waals surface area contributed by atoms with E-state index < -0.39 is 6.09 Å². The van der Waals surface area contributed by atoms with Crippen molar-refractivity contribution in [3.63, 3.8) is 0 Å². The minimum Gasteiger partial charge on any atom is -0.462 e. The van der Waals surface area contributed by atoms with Crippen LogP contribution in [0.4, 0.5) is 16.4 Å². The van der Waals surface area contributed by atoms with Crippen LogP contribution in [0.3, 0.4) is 0 Å². The van der Waals surface area contributed by atoms with E-state index in [0.29, 0.717) is 44.8 Å². The molecule has 6 heterocycles. The van der Waals surface area contributed by atoms with Gasteiger partial charge in [-0.25, -0.2) is 4.79 Å². The number of hydrogen-bond acceptors (Lipinski definition) is 9. The normalized spacial score (nSPS) is 20.0. The van der Waals surface area contributed by atoms with Gasteiger partial charge in [-0.2, -0.15) is 15.2 Å². The first-order chi connectivity index (χ1) is 22.6.